The van der Waals surface area contributed by atoms with Crippen molar-refractivity contribution in [3.63, 3.8) is 0 Å². The Balaban J connectivity index is 3.96. The molecule has 0 aliphatic heterocycles. The van der Waals surface area contributed by atoms with Crippen molar-refractivity contribution in [1.29, 1.82) is 0 Å². The van der Waals surface area contributed by atoms with Crippen LogP contribution in [0.15, 0.2) is 23.8 Å². The molecule has 0 aromatic heterocycles. The van der Waals surface area contributed by atoms with Gasteiger partial charge in [0.25, 0.3) is 0 Å². The summed E-state index contributed by atoms with van der Waals surface area (Å²) in [6.45, 7) is 5.98. The molecule has 0 saturated carbocycles. The molecule has 0 aromatic carbocycles. The Morgan fingerprint density at radius 3 is 2.64 bits per heavy atom. The molecule has 0 aliphatic carbocycles. The lowest BCUT2D eigenvalue weighted by molar-refractivity contribution is -0.137. The SMILES string of the molecule is C/C=C\C(C)=C\C(=O)OCC. The monoisotopic (exact) mass is 154 g/mol. The Morgan fingerprint density at radius 2 is 2.18 bits per heavy atom. The average molecular weight is 154 g/mol. The Morgan fingerprint density at radius 1 is 1.55 bits per heavy atom. The smallest absolute Gasteiger partial charge is 0.330 e. The summed E-state index contributed by atoms with van der Waals surface area (Å²) < 4.78 is 4.71. The predicted molar refractivity (Wildman–Crippen MR) is 45.2 cm³/mol. The number of hydrogen-bond acceptors (Lipinski definition) is 2. The molecule has 0 spiro atoms. The van der Waals surface area contributed by atoms with E-state index in [-0.39, 0.29) is 5.97 Å². The van der Waals surface area contributed by atoms with Gasteiger partial charge in [-0.15, -0.1) is 0 Å². The van der Waals surface area contributed by atoms with Crippen LogP contribution in [-0.4, -0.2) is 12.6 Å². The van der Waals surface area contributed by atoms with Crippen LogP contribution >= 0.6 is 0 Å². The summed E-state index contributed by atoms with van der Waals surface area (Å²) in [5.74, 6) is -0.275. The zero-order valence-corrected chi connectivity index (χ0v) is 7.26. The maximum Gasteiger partial charge on any atom is 0.330 e. The van der Waals surface area contributed by atoms with Gasteiger partial charge in [0.1, 0.15) is 0 Å². The lowest BCUT2D eigenvalue weighted by atomic mass is 10.2. The second-order valence-electron chi connectivity index (χ2n) is 2.14. The number of hydrogen-bond donors (Lipinski definition) is 0. The molecule has 0 heterocycles. The molecule has 0 amide bonds. The van der Waals surface area contributed by atoms with E-state index in [1.54, 1.807) is 6.92 Å². The van der Waals surface area contributed by atoms with Gasteiger partial charge in [0, 0.05) is 6.08 Å². The van der Waals surface area contributed by atoms with E-state index in [4.69, 9.17) is 4.74 Å². The summed E-state index contributed by atoms with van der Waals surface area (Å²) in [6, 6.07) is 0. The molecule has 2 heteroatoms. The molecule has 0 aliphatic rings. The third-order valence-corrected chi connectivity index (χ3v) is 1.06. The molecule has 0 N–H and O–H groups in total. The predicted octanol–water partition coefficient (Wildman–Crippen LogP) is 2.07. The van der Waals surface area contributed by atoms with Crippen LogP contribution in [0.1, 0.15) is 20.8 Å². The first-order valence-electron chi connectivity index (χ1n) is 3.68. The van der Waals surface area contributed by atoms with E-state index < -0.39 is 0 Å². The lowest BCUT2D eigenvalue weighted by Crippen LogP contribution is -1.99. The molecule has 0 saturated heterocycles. The molecule has 0 fully saturated rings. The van der Waals surface area contributed by atoms with Crippen LogP contribution in [0.3, 0.4) is 0 Å². The van der Waals surface area contributed by atoms with E-state index in [2.05, 4.69) is 0 Å². The van der Waals surface area contributed by atoms with Gasteiger partial charge < -0.3 is 4.74 Å². The molecule has 0 unspecified atom stereocenters. The van der Waals surface area contributed by atoms with E-state index in [0.29, 0.717) is 6.61 Å². The maximum atomic E-state index is 10.8. The van der Waals surface area contributed by atoms with Crippen molar-refractivity contribution < 1.29 is 9.53 Å². The Hall–Kier alpha value is -1.05. The third kappa shape index (κ3) is 5.40. The second-order valence-corrected chi connectivity index (χ2v) is 2.14. The number of rotatable bonds is 3. The fourth-order valence-electron chi connectivity index (χ4n) is 0.681. The first-order chi connectivity index (χ1) is 5.20. The molecule has 0 bridgehead atoms. The first kappa shape index (κ1) is 9.95. The van der Waals surface area contributed by atoms with Crippen LogP contribution in [0.4, 0.5) is 0 Å². The van der Waals surface area contributed by atoms with Gasteiger partial charge in [-0.3, -0.25) is 0 Å². The van der Waals surface area contributed by atoms with E-state index >= 15 is 0 Å². The maximum absolute atomic E-state index is 10.8. The fraction of sp³-hybridized carbons (Fsp3) is 0.444. The molecule has 0 rings (SSSR count). The minimum absolute atomic E-state index is 0.275. The molecular formula is C9H14O2. The van der Waals surface area contributed by atoms with Gasteiger partial charge in [0.2, 0.25) is 0 Å². The summed E-state index contributed by atoms with van der Waals surface area (Å²) >= 11 is 0. The van der Waals surface area contributed by atoms with Gasteiger partial charge in [-0.05, 0) is 26.3 Å². The van der Waals surface area contributed by atoms with Crippen LogP contribution in [0.25, 0.3) is 0 Å². The van der Waals surface area contributed by atoms with Crippen molar-refractivity contribution in [2.45, 2.75) is 20.8 Å². The van der Waals surface area contributed by atoms with E-state index in [0.717, 1.165) is 5.57 Å². The highest BCUT2D eigenvalue weighted by Crippen LogP contribution is 1.95. The molecule has 11 heavy (non-hydrogen) atoms. The third-order valence-electron chi connectivity index (χ3n) is 1.06. The standard InChI is InChI=1S/C9H14O2/c1-4-6-8(3)7-9(10)11-5-2/h4,6-7H,5H2,1-3H3/b6-4-,8-7+. The van der Waals surface area contributed by atoms with Crippen molar-refractivity contribution in [3.8, 4) is 0 Å². The summed E-state index contributed by atoms with van der Waals surface area (Å²) in [5, 5.41) is 0. The highest BCUT2D eigenvalue weighted by atomic mass is 16.5. The van der Waals surface area contributed by atoms with E-state index in [9.17, 15) is 4.79 Å². The summed E-state index contributed by atoms with van der Waals surface area (Å²) in [6.07, 6.45) is 5.21. The number of ether oxygens (including phenoxy) is 1. The van der Waals surface area contributed by atoms with Crippen molar-refractivity contribution >= 4 is 5.97 Å². The largest absolute Gasteiger partial charge is 0.463 e. The van der Waals surface area contributed by atoms with Crippen molar-refractivity contribution in [2.24, 2.45) is 0 Å². The van der Waals surface area contributed by atoms with Gasteiger partial charge in [0.05, 0.1) is 6.61 Å². The lowest BCUT2D eigenvalue weighted by Gasteiger charge is -1.95. The molecular weight excluding hydrogens is 140 g/mol. The average Bonchev–Trinajstić information content (AvgIpc) is 1.87. The van der Waals surface area contributed by atoms with Crippen LogP contribution in [0.2, 0.25) is 0 Å². The van der Waals surface area contributed by atoms with Gasteiger partial charge in [-0.2, -0.15) is 0 Å². The van der Waals surface area contributed by atoms with Crippen LogP contribution in [-0.2, 0) is 9.53 Å². The Kier molecular flexibility index (Phi) is 5.17. The van der Waals surface area contributed by atoms with Crippen molar-refractivity contribution in [1.82, 2.24) is 0 Å². The van der Waals surface area contributed by atoms with Crippen LogP contribution in [0.5, 0.6) is 0 Å². The highest BCUT2D eigenvalue weighted by molar-refractivity contribution is 5.83. The summed E-state index contributed by atoms with van der Waals surface area (Å²) in [5.41, 5.74) is 0.908. The molecule has 0 aromatic rings. The number of allylic oxidation sites excluding steroid dienone is 3. The fourth-order valence-corrected chi connectivity index (χ4v) is 0.681. The molecule has 0 radical (unpaired) electrons. The van der Waals surface area contributed by atoms with Crippen molar-refractivity contribution in [3.05, 3.63) is 23.8 Å². The van der Waals surface area contributed by atoms with Crippen LogP contribution < -0.4 is 0 Å². The molecule has 2 nitrogen and oxygen atoms in total. The van der Waals surface area contributed by atoms with Gasteiger partial charge in [-0.25, -0.2) is 4.79 Å². The number of carbonyl (C=O) groups excluding carboxylic acids is 1. The van der Waals surface area contributed by atoms with Crippen molar-refractivity contribution in [2.75, 3.05) is 6.61 Å². The van der Waals surface area contributed by atoms with Gasteiger partial charge in [0.15, 0.2) is 0 Å². The zero-order valence-electron chi connectivity index (χ0n) is 7.26. The van der Waals surface area contributed by atoms with E-state index in [1.807, 2.05) is 26.0 Å². The van der Waals surface area contributed by atoms with E-state index in [1.165, 1.54) is 6.08 Å². The summed E-state index contributed by atoms with van der Waals surface area (Å²) in [7, 11) is 0. The highest BCUT2D eigenvalue weighted by Gasteiger charge is 1.93. The quantitative estimate of drug-likeness (QED) is 0.353. The van der Waals surface area contributed by atoms with Gasteiger partial charge in [-0.1, -0.05) is 12.2 Å². The number of carbonyl (C=O) groups is 1. The normalized spacial score (nSPS) is 12.1. The molecule has 62 valence electrons. The Labute approximate surface area is 67.6 Å². The minimum atomic E-state index is -0.275. The topological polar surface area (TPSA) is 26.3 Å². The zero-order chi connectivity index (χ0) is 8.69. The first-order valence-corrected chi connectivity index (χ1v) is 3.68. The van der Waals surface area contributed by atoms with Crippen LogP contribution in [0, 0.1) is 0 Å². The van der Waals surface area contributed by atoms with Gasteiger partial charge >= 0.3 is 5.97 Å². The molecule has 0 atom stereocenters. The second kappa shape index (κ2) is 5.71. The number of esters is 1. The minimum Gasteiger partial charge on any atom is -0.463 e. The summed E-state index contributed by atoms with van der Waals surface area (Å²) in [4.78, 5) is 10.8. The Bertz CT molecular complexity index is 178.